The molecule has 72 valence electrons. The molecule has 0 aliphatic heterocycles. The molecule has 0 N–H and O–H groups in total. The summed E-state index contributed by atoms with van der Waals surface area (Å²) in [7, 11) is 0. The first kappa shape index (κ1) is 10.4. The zero-order valence-electron chi connectivity index (χ0n) is 7.82. The Labute approximate surface area is 81.3 Å². The smallest absolute Gasteiger partial charge is 0.0356 e. The predicted molar refractivity (Wildman–Crippen MR) is 53.2 cm³/mol. The monoisotopic (exact) mass is 197 g/mol. The summed E-state index contributed by atoms with van der Waals surface area (Å²) in [5.41, 5.74) is 2.03. The van der Waals surface area contributed by atoms with E-state index >= 15 is 0 Å². The minimum absolute atomic E-state index is 0.119. The van der Waals surface area contributed by atoms with Crippen molar-refractivity contribution in [1.82, 2.24) is 0 Å². The van der Waals surface area contributed by atoms with Crippen molar-refractivity contribution < 1.29 is 8.76 Å². The van der Waals surface area contributed by atoms with Crippen LogP contribution in [-0.2, 0) is 16.8 Å². The molecule has 1 aromatic carbocycles. The lowest BCUT2D eigenvalue weighted by atomic mass is 9.98. The molecule has 0 saturated carbocycles. The largest absolute Gasteiger partial charge is 0.772 e. The van der Waals surface area contributed by atoms with Gasteiger partial charge in [-0.3, -0.25) is 4.21 Å². The lowest BCUT2D eigenvalue weighted by Gasteiger charge is -2.13. The third kappa shape index (κ3) is 2.94. The highest BCUT2D eigenvalue weighted by Gasteiger charge is 2.04. The molecule has 0 aromatic heterocycles. The van der Waals surface area contributed by atoms with Gasteiger partial charge in [-0.25, -0.2) is 0 Å². The van der Waals surface area contributed by atoms with Crippen molar-refractivity contribution in [2.24, 2.45) is 0 Å². The highest BCUT2D eigenvalue weighted by Crippen LogP contribution is 2.19. The SMILES string of the molecule is CC(C)c1ccccc1CS(=O)[O-]. The van der Waals surface area contributed by atoms with Crippen LogP contribution in [0.1, 0.15) is 30.9 Å². The fourth-order valence-corrected chi connectivity index (χ4v) is 1.87. The molecule has 0 aliphatic rings. The quantitative estimate of drug-likeness (QED) is 0.697. The van der Waals surface area contributed by atoms with Gasteiger partial charge in [-0.1, -0.05) is 49.2 Å². The summed E-state index contributed by atoms with van der Waals surface area (Å²) < 4.78 is 21.1. The van der Waals surface area contributed by atoms with Crippen LogP contribution in [0.5, 0.6) is 0 Å². The molecule has 0 spiro atoms. The van der Waals surface area contributed by atoms with Crippen molar-refractivity contribution in [2.45, 2.75) is 25.5 Å². The van der Waals surface area contributed by atoms with Gasteiger partial charge in [0.05, 0.1) is 0 Å². The van der Waals surface area contributed by atoms with E-state index in [2.05, 4.69) is 13.8 Å². The molecule has 1 rings (SSSR count). The number of hydrogen-bond acceptors (Lipinski definition) is 2. The van der Waals surface area contributed by atoms with Gasteiger partial charge in [0.1, 0.15) is 0 Å². The van der Waals surface area contributed by atoms with Crippen molar-refractivity contribution in [3.05, 3.63) is 35.4 Å². The van der Waals surface area contributed by atoms with E-state index in [1.165, 1.54) is 0 Å². The molecule has 0 aliphatic carbocycles. The Balaban J connectivity index is 2.97. The first-order valence-electron chi connectivity index (χ1n) is 4.25. The molecular formula is C10H13O2S-. The first-order valence-corrected chi connectivity index (χ1v) is 5.49. The Morgan fingerprint density at radius 3 is 2.54 bits per heavy atom. The number of hydrogen-bond donors (Lipinski definition) is 0. The summed E-state index contributed by atoms with van der Waals surface area (Å²) in [5, 5.41) is 0. The van der Waals surface area contributed by atoms with Gasteiger partial charge in [0.25, 0.3) is 0 Å². The minimum Gasteiger partial charge on any atom is -0.772 e. The summed E-state index contributed by atoms with van der Waals surface area (Å²) in [5.74, 6) is 0.494. The Hall–Kier alpha value is -0.670. The lowest BCUT2D eigenvalue weighted by Crippen LogP contribution is -1.99. The van der Waals surface area contributed by atoms with Gasteiger partial charge in [0.2, 0.25) is 0 Å². The van der Waals surface area contributed by atoms with Crippen molar-refractivity contribution >= 4 is 11.1 Å². The summed E-state index contributed by atoms with van der Waals surface area (Å²) in [6.07, 6.45) is 0. The van der Waals surface area contributed by atoms with Gasteiger partial charge in [-0.05, 0) is 17.0 Å². The van der Waals surface area contributed by atoms with E-state index in [9.17, 15) is 8.76 Å². The van der Waals surface area contributed by atoms with E-state index in [-0.39, 0.29) is 5.75 Å². The summed E-state index contributed by atoms with van der Waals surface area (Å²) >= 11 is -1.99. The molecule has 0 saturated heterocycles. The molecule has 1 unspecified atom stereocenters. The standard InChI is InChI=1S/C10H14O2S/c1-8(2)10-6-4-3-5-9(10)7-13(11)12/h3-6,8H,7H2,1-2H3,(H,11,12)/p-1. The third-order valence-electron chi connectivity index (χ3n) is 1.95. The van der Waals surface area contributed by atoms with E-state index in [1.807, 2.05) is 24.3 Å². The zero-order chi connectivity index (χ0) is 9.84. The van der Waals surface area contributed by atoms with E-state index in [1.54, 1.807) is 0 Å². The second kappa shape index (κ2) is 4.53. The molecule has 2 nitrogen and oxygen atoms in total. The fourth-order valence-electron chi connectivity index (χ4n) is 1.36. The molecular weight excluding hydrogens is 184 g/mol. The Morgan fingerprint density at radius 2 is 2.00 bits per heavy atom. The van der Waals surface area contributed by atoms with Crippen molar-refractivity contribution in [3.8, 4) is 0 Å². The molecule has 0 radical (unpaired) electrons. The summed E-state index contributed by atoms with van der Waals surface area (Å²) in [6, 6.07) is 7.65. The molecule has 1 aromatic rings. The van der Waals surface area contributed by atoms with E-state index in [4.69, 9.17) is 0 Å². The molecule has 13 heavy (non-hydrogen) atoms. The number of rotatable bonds is 3. The maximum atomic E-state index is 10.5. The van der Waals surface area contributed by atoms with Crippen LogP contribution in [-0.4, -0.2) is 8.76 Å². The van der Waals surface area contributed by atoms with Gasteiger partial charge in [0.15, 0.2) is 0 Å². The van der Waals surface area contributed by atoms with Crippen molar-refractivity contribution in [2.75, 3.05) is 0 Å². The average Bonchev–Trinajstić information content (AvgIpc) is 2.03. The van der Waals surface area contributed by atoms with Crippen LogP contribution >= 0.6 is 0 Å². The van der Waals surface area contributed by atoms with Crippen molar-refractivity contribution in [1.29, 1.82) is 0 Å². The van der Waals surface area contributed by atoms with E-state index < -0.39 is 11.1 Å². The predicted octanol–water partition coefficient (Wildman–Crippen LogP) is 2.19. The Kier molecular flexibility index (Phi) is 3.63. The molecule has 1 atom stereocenters. The molecule has 0 amide bonds. The topological polar surface area (TPSA) is 40.1 Å². The first-order chi connectivity index (χ1) is 6.11. The van der Waals surface area contributed by atoms with Gasteiger partial charge >= 0.3 is 0 Å². The lowest BCUT2D eigenvalue weighted by molar-refractivity contribution is 0.536. The van der Waals surface area contributed by atoms with Crippen molar-refractivity contribution in [3.63, 3.8) is 0 Å². The second-order valence-corrected chi connectivity index (χ2v) is 4.20. The Morgan fingerprint density at radius 1 is 1.38 bits per heavy atom. The molecule has 0 bridgehead atoms. The fraction of sp³-hybridized carbons (Fsp3) is 0.400. The Bertz CT molecular complexity index is 308. The van der Waals surface area contributed by atoms with Crippen LogP contribution in [0.2, 0.25) is 0 Å². The maximum absolute atomic E-state index is 10.5. The summed E-state index contributed by atoms with van der Waals surface area (Å²) in [4.78, 5) is 0. The van der Waals surface area contributed by atoms with Crippen LogP contribution in [0.15, 0.2) is 24.3 Å². The normalized spacial score (nSPS) is 13.2. The van der Waals surface area contributed by atoms with Gasteiger partial charge < -0.3 is 4.55 Å². The molecule has 3 heteroatoms. The van der Waals surface area contributed by atoms with Gasteiger partial charge in [0, 0.05) is 5.75 Å². The molecule has 0 fully saturated rings. The zero-order valence-corrected chi connectivity index (χ0v) is 8.64. The van der Waals surface area contributed by atoms with E-state index in [0.717, 1.165) is 11.1 Å². The number of benzene rings is 1. The van der Waals surface area contributed by atoms with Crippen LogP contribution in [0, 0.1) is 0 Å². The maximum Gasteiger partial charge on any atom is 0.0356 e. The highest BCUT2D eigenvalue weighted by atomic mass is 32.2. The van der Waals surface area contributed by atoms with Gasteiger partial charge in [-0.15, -0.1) is 0 Å². The second-order valence-electron chi connectivity index (χ2n) is 3.30. The highest BCUT2D eigenvalue weighted by molar-refractivity contribution is 7.78. The minimum atomic E-state index is -1.99. The van der Waals surface area contributed by atoms with Gasteiger partial charge in [-0.2, -0.15) is 0 Å². The third-order valence-corrected chi connectivity index (χ3v) is 2.50. The van der Waals surface area contributed by atoms with E-state index in [0.29, 0.717) is 5.92 Å². The van der Waals surface area contributed by atoms with Crippen LogP contribution in [0.3, 0.4) is 0 Å². The summed E-state index contributed by atoms with van der Waals surface area (Å²) in [6.45, 7) is 4.12. The van der Waals surface area contributed by atoms with Crippen LogP contribution in [0.4, 0.5) is 0 Å². The molecule has 0 heterocycles. The average molecular weight is 197 g/mol. The van der Waals surface area contributed by atoms with Crippen LogP contribution < -0.4 is 0 Å². The van der Waals surface area contributed by atoms with Crippen LogP contribution in [0.25, 0.3) is 0 Å².